The minimum Gasteiger partial charge on any atom is -0.329 e. The van der Waals surface area contributed by atoms with Gasteiger partial charge in [0.1, 0.15) is 23.7 Å². The second-order valence-electron chi connectivity index (χ2n) is 16.4. The van der Waals surface area contributed by atoms with E-state index in [1.165, 1.54) is 0 Å². The number of carbonyl (C=O) groups is 2. The monoisotopic (exact) mass is 864 g/mol. The molecule has 62 heavy (non-hydrogen) atoms. The summed E-state index contributed by atoms with van der Waals surface area (Å²) in [6.07, 6.45) is 5.65. The Labute approximate surface area is 373 Å². The number of imidazole rings is 2. The summed E-state index contributed by atoms with van der Waals surface area (Å²) in [5.74, 6) is 3.13. The van der Waals surface area contributed by atoms with E-state index in [2.05, 4.69) is 141 Å². The van der Waals surface area contributed by atoms with Crippen LogP contribution in [0.3, 0.4) is 0 Å². The first-order chi connectivity index (χ1) is 30.6. The summed E-state index contributed by atoms with van der Waals surface area (Å²) in [7, 11) is 3.33. The molecule has 0 radical (unpaired) electrons. The zero-order valence-corrected chi connectivity index (χ0v) is 37.3. The van der Waals surface area contributed by atoms with Crippen LogP contribution in [0.15, 0.2) is 121 Å². The average molecular weight is 865 g/mol. The molecule has 2 N–H and O–H groups in total. The maximum absolute atomic E-state index is 14.8. The van der Waals surface area contributed by atoms with E-state index in [1.807, 2.05) is 24.3 Å². The van der Waals surface area contributed by atoms with Crippen LogP contribution in [0.5, 0.6) is 0 Å². The van der Waals surface area contributed by atoms with Crippen molar-refractivity contribution in [2.45, 2.75) is 89.6 Å². The zero-order valence-electron chi connectivity index (χ0n) is 35.7. The van der Waals surface area contributed by atoms with Crippen molar-refractivity contribution in [1.82, 2.24) is 39.8 Å². The van der Waals surface area contributed by atoms with Crippen molar-refractivity contribution in [3.05, 3.63) is 133 Å². The van der Waals surface area contributed by atoms with Gasteiger partial charge in [-0.1, -0.05) is 182 Å². The highest BCUT2D eigenvalue weighted by Crippen LogP contribution is 2.42. The SMILES string of the molecule is CCCC[C@H]1c2nc(-c3ccccc3)c(-c3ccccc3)n2CCN1C(=O)[C@@H]1CSSC[C@@H](C(=O)N2CCn3c(nc(-c4ccccc4)c3-c3ccccc3)[C@@H]2CCCC)NN1. The molecule has 10 nitrogen and oxygen atoms in total. The van der Waals surface area contributed by atoms with Gasteiger partial charge >= 0.3 is 0 Å². The molecule has 0 spiro atoms. The molecule has 0 bridgehead atoms. The molecule has 12 heteroatoms. The maximum atomic E-state index is 14.8. The number of benzene rings is 4. The predicted octanol–water partition coefficient (Wildman–Crippen LogP) is 9.82. The van der Waals surface area contributed by atoms with Crippen LogP contribution in [0, 0.1) is 0 Å². The van der Waals surface area contributed by atoms with E-state index in [4.69, 9.17) is 9.97 Å². The Kier molecular flexibility index (Phi) is 13.3. The molecule has 0 unspecified atom stereocenters. The molecular formula is C50H56N8O2S2. The smallest absolute Gasteiger partial charge is 0.242 e. The Balaban J connectivity index is 0.972. The number of hydrogen-bond acceptors (Lipinski definition) is 8. The van der Waals surface area contributed by atoms with Crippen molar-refractivity contribution in [2.75, 3.05) is 24.6 Å². The number of aromatic nitrogens is 4. The Hall–Kier alpha value is -5.14. The summed E-state index contributed by atoms with van der Waals surface area (Å²) in [4.78, 5) is 44.6. The van der Waals surface area contributed by atoms with E-state index >= 15 is 0 Å². The maximum Gasteiger partial charge on any atom is 0.242 e. The molecule has 4 aromatic carbocycles. The zero-order chi connectivity index (χ0) is 42.4. The van der Waals surface area contributed by atoms with Gasteiger partial charge < -0.3 is 18.9 Å². The van der Waals surface area contributed by atoms with Gasteiger partial charge in [-0.15, -0.1) is 0 Å². The largest absolute Gasteiger partial charge is 0.329 e. The lowest BCUT2D eigenvalue weighted by atomic mass is 10.0. The molecule has 0 aliphatic carbocycles. The van der Waals surface area contributed by atoms with Crippen LogP contribution in [0.1, 0.15) is 76.1 Å². The van der Waals surface area contributed by atoms with Crippen LogP contribution in [0.2, 0.25) is 0 Å². The normalized spacial score (nSPS) is 20.2. The average Bonchev–Trinajstić information content (AvgIpc) is 3.91. The molecule has 6 aromatic rings. The summed E-state index contributed by atoms with van der Waals surface area (Å²) < 4.78 is 4.71. The van der Waals surface area contributed by atoms with Crippen LogP contribution in [0.4, 0.5) is 0 Å². The molecule has 1 saturated heterocycles. The highest BCUT2D eigenvalue weighted by atomic mass is 33.1. The van der Waals surface area contributed by atoms with Gasteiger partial charge in [-0.2, -0.15) is 0 Å². The molecule has 3 aliphatic rings. The van der Waals surface area contributed by atoms with Crippen LogP contribution >= 0.6 is 21.6 Å². The van der Waals surface area contributed by atoms with Gasteiger partial charge in [-0.3, -0.25) is 9.59 Å². The van der Waals surface area contributed by atoms with E-state index in [1.54, 1.807) is 21.6 Å². The third kappa shape index (κ3) is 8.50. The van der Waals surface area contributed by atoms with E-state index in [-0.39, 0.29) is 23.9 Å². The van der Waals surface area contributed by atoms with Gasteiger partial charge in [-0.25, -0.2) is 20.8 Å². The fourth-order valence-electron chi connectivity index (χ4n) is 9.36. The highest BCUT2D eigenvalue weighted by Gasteiger charge is 2.41. The number of hydrogen-bond donors (Lipinski definition) is 2. The van der Waals surface area contributed by atoms with Gasteiger partial charge in [-0.05, 0) is 12.8 Å². The van der Waals surface area contributed by atoms with E-state index < -0.39 is 12.1 Å². The van der Waals surface area contributed by atoms with Gasteiger partial charge in [0.25, 0.3) is 0 Å². The Morgan fingerprint density at radius 1 is 0.532 bits per heavy atom. The van der Waals surface area contributed by atoms with E-state index in [0.717, 1.165) is 95.2 Å². The van der Waals surface area contributed by atoms with Crippen molar-refractivity contribution >= 4 is 33.4 Å². The molecular weight excluding hydrogens is 809 g/mol. The number of nitrogens with one attached hydrogen (secondary N) is 2. The van der Waals surface area contributed by atoms with Crippen LogP contribution < -0.4 is 10.9 Å². The van der Waals surface area contributed by atoms with Crippen LogP contribution in [-0.2, 0) is 22.7 Å². The molecule has 320 valence electrons. The lowest BCUT2D eigenvalue weighted by Crippen LogP contribution is -2.61. The number of hydrazine groups is 1. The summed E-state index contributed by atoms with van der Waals surface area (Å²) in [5, 5.41) is 0. The number of nitrogens with zero attached hydrogens (tertiary/aromatic N) is 6. The summed E-state index contributed by atoms with van der Waals surface area (Å²) in [6, 6.07) is 40.4. The standard InChI is InChI=1S/C50H56N8O2S2/c1-3-5-27-41-47-51-43(35-19-11-7-12-20-35)45(37-23-15-9-16-24-37)57(47)31-29-55(41)49(59)39-33-61-62-34-40(54-53-39)50(60)56-30-32-58-46(38-25-17-10-18-26-38)44(36-21-13-8-14-22-36)52-48(58)42(56)28-6-4-2/h7-26,39-42,53-54H,3-6,27-34H2,1-2H3/t39-,40-,41-,42-/m0/s1. The summed E-state index contributed by atoms with van der Waals surface area (Å²) in [5.41, 5.74) is 15.3. The molecule has 5 heterocycles. The highest BCUT2D eigenvalue weighted by molar-refractivity contribution is 8.76. The van der Waals surface area contributed by atoms with E-state index in [0.29, 0.717) is 37.7 Å². The predicted molar refractivity (Wildman–Crippen MR) is 253 cm³/mol. The minimum atomic E-state index is -0.520. The van der Waals surface area contributed by atoms with E-state index in [9.17, 15) is 9.59 Å². The van der Waals surface area contributed by atoms with Gasteiger partial charge in [0.15, 0.2) is 0 Å². The Morgan fingerprint density at radius 3 is 1.24 bits per heavy atom. The second kappa shape index (κ2) is 19.5. The lowest BCUT2D eigenvalue weighted by Gasteiger charge is -2.40. The Morgan fingerprint density at radius 2 is 0.887 bits per heavy atom. The minimum absolute atomic E-state index is 0.0410. The molecule has 2 amide bonds. The first kappa shape index (κ1) is 42.2. The number of amides is 2. The molecule has 4 atom stereocenters. The number of unbranched alkanes of at least 4 members (excludes halogenated alkanes) is 2. The molecule has 2 aromatic heterocycles. The first-order valence-electron chi connectivity index (χ1n) is 22.3. The third-order valence-electron chi connectivity index (χ3n) is 12.5. The fourth-order valence-corrected chi connectivity index (χ4v) is 11.7. The molecule has 9 rings (SSSR count). The van der Waals surface area contributed by atoms with Gasteiger partial charge in [0.2, 0.25) is 11.8 Å². The fraction of sp³-hybridized carbons (Fsp3) is 0.360. The van der Waals surface area contributed by atoms with Crippen molar-refractivity contribution in [2.24, 2.45) is 0 Å². The van der Waals surface area contributed by atoms with Crippen LogP contribution in [0.25, 0.3) is 45.0 Å². The molecule has 1 fully saturated rings. The summed E-state index contributed by atoms with van der Waals surface area (Å²) in [6.45, 7) is 6.86. The van der Waals surface area contributed by atoms with Crippen molar-refractivity contribution in [3.63, 3.8) is 0 Å². The third-order valence-corrected chi connectivity index (χ3v) is 14.9. The first-order valence-corrected chi connectivity index (χ1v) is 24.8. The topological polar surface area (TPSA) is 100 Å². The van der Waals surface area contributed by atoms with Crippen LogP contribution in [-0.4, -0.2) is 77.4 Å². The second-order valence-corrected chi connectivity index (χ2v) is 19.0. The Bertz CT molecular complexity index is 2270. The number of rotatable bonds is 12. The van der Waals surface area contributed by atoms with Gasteiger partial charge in [0.05, 0.1) is 34.9 Å². The molecule has 3 aliphatic heterocycles. The summed E-state index contributed by atoms with van der Waals surface area (Å²) >= 11 is 0. The van der Waals surface area contributed by atoms with Crippen molar-refractivity contribution in [3.8, 4) is 45.0 Å². The van der Waals surface area contributed by atoms with Crippen molar-refractivity contribution < 1.29 is 9.59 Å². The van der Waals surface area contributed by atoms with Gasteiger partial charge in [0, 0.05) is 59.9 Å². The molecule has 0 saturated carbocycles. The lowest BCUT2D eigenvalue weighted by molar-refractivity contribution is -0.140. The van der Waals surface area contributed by atoms with Crippen molar-refractivity contribution in [1.29, 1.82) is 0 Å². The number of fused-ring (bicyclic) bond motifs is 2. The quantitative estimate of drug-likeness (QED) is 0.117. The number of carbonyl (C=O) groups excluding carboxylic acids is 2.